The third-order valence-corrected chi connectivity index (χ3v) is 4.93. The minimum Gasteiger partial charge on any atom is -0.305 e. The van der Waals surface area contributed by atoms with Crippen LogP contribution in [0.5, 0.6) is 0 Å². The van der Waals surface area contributed by atoms with E-state index in [0.717, 1.165) is 16.3 Å². The van der Waals surface area contributed by atoms with Gasteiger partial charge in [-0.15, -0.1) is 10.2 Å². The van der Waals surface area contributed by atoms with Crippen LogP contribution in [0.3, 0.4) is 0 Å². The van der Waals surface area contributed by atoms with Gasteiger partial charge in [0.15, 0.2) is 11.0 Å². The molecule has 1 heterocycles. The van der Waals surface area contributed by atoms with E-state index in [4.69, 9.17) is 23.2 Å². The maximum atomic E-state index is 12.9. The number of benzene rings is 2. The van der Waals surface area contributed by atoms with Crippen LogP contribution in [0.4, 0.5) is 4.39 Å². The molecule has 0 aliphatic carbocycles. The van der Waals surface area contributed by atoms with Gasteiger partial charge in [0.2, 0.25) is 0 Å². The summed E-state index contributed by atoms with van der Waals surface area (Å²) in [6.45, 7) is 0. The molecule has 0 saturated carbocycles. The lowest BCUT2D eigenvalue weighted by atomic mass is 10.2. The Morgan fingerprint density at radius 1 is 1.09 bits per heavy atom. The van der Waals surface area contributed by atoms with Crippen LogP contribution in [-0.2, 0) is 12.8 Å². The SMILES string of the molecule is Cn1c(SCc2ccc(F)cc2)nnc1-c1ccc(Cl)cc1Cl. The minimum atomic E-state index is -0.239. The normalized spacial score (nSPS) is 11.0. The lowest BCUT2D eigenvalue weighted by molar-refractivity contribution is 0.627. The number of halogens is 3. The summed E-state index contributed by atoms with van der Waals surface area (Å²) in [4.78, 5) is 0. The van der Waals surface area contributed by atoms with Crippen LogP contribution in [0.1, 0.15) is 5.56 Å². The Bertz CT molecular complexity index is 834. The molecular formula is C16H12Cl2FN3S. The van der Waals surface area contributed by atoms with Crippen LogP contribution in [0.25, 0.3) is 11.4 Å². The van der Waals surface area contributed by atoms with Gasteiger partial charge in [0.05, 0.1) is 5.02 Å². The zero-order valence-corrected chi connectivity index (χ0v) is 14.5. The molecule has 3 nitrogen and oxygen atoms in total. The molecule has 3 aromatic rings. The maximum Gasteiger partial charge on any atom is 0.191 e. The Labute approximate surface area is 147 Å². The van der Waals surface area contributed by atoms with Gasteiger partial charge < -0.3 is 4.57 Å². The van der Waals surface area contributed by atoms with Gasteiger partial charge in [-0.3, -0.25) is 0 Å². The second-order valence-electron chi connectivity index (χ2n) is 4.90. The minimum absolute atomic E-state index is 0.239. The summed E-state index contributed by atoms with van der Waals surface area (Å²) in [5, 5.41) is 10.3. The summed E-state index contributed by atoms with van der Waals surface area (Å²) in [5.74, 6) is 1.12. The molecule has 3 rings (SSSR count). The zero-order valence-electron chi connectivity index (χ0n) is 12.1. The molecule has 118 valence electrons. The molecule has 2 aromatic carbocycles. The Balaban J connectivity index is 1.80. The molecule has 7 heteroatoms. The Morgan fingerprint density at radius 2 is 1.83 bits per heavy atom. The lowest BCUT2D eigenvalue weighted by Crippen LogP contribution is -1.95. The van der Waals surface area contributed by atoms with E-state index in [-0.39, 0.29) is 5.82 Å². The van der Waals surface area contributed by atoms with Gasteiger partial charge in [0.1, 0.15) is 5.82 Å². The molecule has 23 heavy (non-hydrogen) atoms. The maximum absolute atomic E-state index is 12.9. The number of nitrogens with zero attached hydrogens (tertiary/aromatic N) is 3. The van der Waals surface area contributed by atoms with Crippen LogP contribution < -0.4 is 0 Å². The van der Waals surface area contributed by atoms with Gasteiger partial charge in [0, 0.05) is 23.4 Å². The van der Waals surface area contributed by atoms with Crippen LogP contribution >= 0.6 is 35.0 Å². The quantitative estimate of drug-likeness (QED) is 0.592. The highest BCUT2D eigenvalue weighted by molar-refractivity contribution is 7.98. The highest BCUT2D eigenvalue weighted by atomic mass is 35.5. The lowest BCUT2D eigenvalue weighted by Gasteiger charge is -2.06. The molecule has 0 N–H and O–H groups in total. The summed E-state index contributed by atoms with van der Waals surface area (Å²) in [6, 6.07) is 11.7. The first-order valence-corrected chi connectivity index (χ1v) is 8.51. The van der Waals surface area contributed by atoms with Crippen molar-refractivity contribution in [3.8, 4) is 11.4 Å². The largest absolute Gasteiger partial charge is 0.305 e. The first-order valence-electron chi connectivity index (χ1n) is 6.76. The van der Waals surface area contributed by atoms with E-state index in [0.29, 0.717) is 21.6 Å². The smallest absolute Gasteiger partial charge is 0.191 e. The van der Waals surface area contributed by atoms with Gasteiger partial charge in [-0.1, -0.05) is 47.1 Å². The second kappa shape index (κ2) is 6.91. The molecular weight excluding hydrogens is 356 g/mol. The fourth-order valence-electron chi connectivity index (χ4n) is 2.07. The van der Waals surface area contributed by atoms with E-state index in [2.05, 4.69) is 10.2 Å². The van der Waals surface area contributed by atoms with E-state index in [1.54, 1.807) is 24.3 Å². The monoisotopic (exact) mass is 367 g/mol. The summed E-state index contributed by atoms with van der Waals surface area (Å²) in [7, 11) is 1.88. The van der Waals surface area contributed by atoms with E-state index in [9.17, 15) is 4.39 Å². The highest BCUT2D eigenvalue weighted by Gasteiger charge is 2.14. The highest BCUT2D eigenvalue weighted by Crippen LogP contribution is 2.31. The summed E-state index contributed by atoms with van der Waals surface area (Å²) in [5.41, 5.74) is 1.80. The molecule has 0 fully saturated rings. The van der Waals surface area contributed by atoms with Crippen molar-refractivity contribution in [1.82, 2.24) is 14.8 Å². The van der Waals surface area contributed by atoms with E-state index >= 15 is 0 Å². The van der Waals surface area contributed by atoms with Gasteiger partial charge >= 0.3 is 0 Å². The Morgan fingerprint density at radius 3 is 2.52 bits per heavy atom. The van der Waals surface area contributed by atoms with E-state index in [1.807, 2.05) is 17.7 Å². The van der Waals surface area contributed by atoms with Crippen molar-refractivity contribution in [3.05, 3.63) is 63.9 Å². The molecule has 0 saturated heterocycles. The van der Waals surface area contributed by atoms with Crippen molar-refractivity contribution in [2.75, 3.05) is 0 Å². The molecule has 0 aliphatic heterocycles. The zero-order chi connectivity index (χ0) is 16.4. The standard InChI is InChI=1S/C16H12Cl2FN3S/c1-22-15(13-7-4-11(17)8-14(13)18)20-21-16(22)23-9-10-2-5-12(19)6-3-10/h2-8H,9H2,1H3. The summed E-state index contributed by atoms with van der Waals surface area (Å²) < 4.78 is 14.8. The van der Waals surface area contributed by atoms with Gasteiger partial charge in [-0.2, -0.15) is 0 Å². The molecule has 0 amide bonds. The van der Waals surface area contributed by atoms with Crippen LogP contribution in [-0.4, -0.2) is 14.8 Å². The third kappa shape index (κ3) is 3.68. The van der Waals surface area contributed by atoms with Crippen LogP contribution in [0.2, 0.25) is 10.0 Å². The predicted octanol–water partition coefficient (Wildman–Crippen LogP) is 5.22. The summed E-state index contributed by atoms with van der Waals surface area (Å²) >= 11 is 13.7. The van der Waals surface area contributed by atoms with Crippen molar-refractivity contribution in [2.24, 2.45) is 7.05 Å². The fourth-order valence-corrected chi connectivity index (χ4v) is 3.43. The van der Waals surface area contributed by atoms with Gasteiger partial charge in [-0.25, -0.2) is 4.39 Å². The first-order chi connectivity index (χ1) is 11.0. The summed E-state index contributed by atoms with van der Waals surface area (Å²) in [6.07, 6.45) is 0. The van der Waals surface area contributed by atoms with Crippen molar-refractivity contribution in [1.29, 1.82) is 0 Å². The van der Waals surface area contributed by atoms with Crippen molar-refractivity contribution >= 4 is 35.0 Å². The van der Waals surface area contributed by atoms with Crippen molar-refractivity contribution in [2.45, 2.75) is 10.9 Å². The Hall–Kier alpha value is -1.56. The molecule has 0 atom stereocenters. The number of rotatable bonds is 4. The molecule has 1 aromatic heterocycles. The van der Waals surface area contributed by atoms with Gasteiger partial charge in [-0.05, 0) is 35.9 Å². The fraction of sp³-hybridized carbons (Fsp3) is 0.125. The average molecular weight is 368 g/mol. The van der Waals surface area contributed by atoms with Crippen molar-refractivity contribution in [3.63, 3.8) is 0 Å². The second-order valence-corrected chi connectivity index (χ2v) is 6.69. The molecule has 0 radical (unpaired) electrons. The van der Waals surface area contributed by atoms with Crippen LogP contribution in [0, 0.1) is 5.82 Å². The predicted molar refractivity (Wildman–Crippen MR) is 92.4 cm³/mol. The Kier molecular flexibility index (Phi) is 4.90. The topological polar surface area (TPSA) is 30.7 Å². The average Bonchev–Trinajstić information content (AvgIpc) is 2.88. The molecule has 0 unspecified atom stereocenters. The molecule has 0 spiro atoms. The van der Waals surface area contributed by atoms with Crippen molar-refractivity contribution < 1.29 is 4.39 Å². The first kappa shape index (κ1) is 16.3. The van der Waals surface area contributed by atoms with Crippen LogP contribution in [0.15, 0.2) is 47.6 Å². The van der Waals surface area contributed by atoms with E-state index in [1.165, 1.54) is 23.9 Å². The number of hydrogen-bond acceptors (Lipinski definition) is 3. The number of thioether (sulfide) groups is 1. The van der Waals surface area contributed by atoms with Gasteiger partial charge in [0.25, 0.3) is 0 Å². The molecule has 0 aliphatic rings. The number of hydrogen-bond donors (Lipinski definition) is 0. The molecule has 0 bridgehead atoms. The number of aromatic nitrogens is 3. The third-order valence-electron chi connectivity index (χ3n) is 3.29. The van der Waals surface area contributed by atoms with E-state index < -0.39 is 0 Å².